The third-order valence-electron chi connectivity index (χ3n) is 5.22. The van der Waals surface area contributed by atoms with E-state index in [1.165, 1.54) is 16.7 Å². The lowest BCUT2D eigenvalue weighted by atomic mass is 9.71. The van der Waals surface area contributed by atoms with Crippen LogP contribution in [-0.2, 0) is 13.0 Å². The zero-order valence-corrected chi connectivity index (χ0v) is 12.9. The summed E-state index contributed by atoms with van der Waals surface area (Å²) in [5.74, 6) is -0.0942. The third kappa shape index (κ3) is 2.11. The summed E-state index contributed by atoms with van der Waals surface area (Å²) in [4.78, 5) is 10.6. The SMILES string of the molecule is Cc1cccc2c1CN[C@@H]1CCc3cc([N+](=O)[O-])c(O)cc3[C@@H]21. The second-order valence-corrected chi connectivity index (χ2v) is 6.44. The Morgan fingerprint density at radius 3 is 2.91 bits per heavy atom. The van der Waals surface area contributed by atoms with Crippen LogP contribution in [0.2, 0.25) is 0 Å². The number of rotatable bonds is 1. The summed E-state index contributed by atoms with van der Waals surface area (Å²) < 4.78 is 0. The highest BCUT2D eigenvalue weighted by Gasteiger charge is 2.36. The zero-order valence-electron chi connectivity index (χ0n) is 12.9. The number of phenolic OH excluding ortho intramolecular Hbond substituents is 1. The van der Waals surface area contributed by atoms with Crippen LogP contribution in [0, 0.1) is 17.0 Å². The molecule has 5 nitrogen and oxygen atoms in total. The smallest absolute Gasteiger partial charge is 0.310 e. The number of hydrogen-bond donors (Lipinski definition) is 2. The Balaban J connectivity index is 1.91. The lowest BCUT2D eigenvalue weighted by Crippen LogP contribution is -2.42. The van der Waals surface area contributed by atoms with Gasteiger partial charge in [0, 0.05) is 24.6 Å². The number of benzene rings is 2. The fourth-order valence-electron chi connectivity index (χ4n) is 4.08. The molecule has 0 spiro atoms. The Kier molecular flexibility index (Phi) is 3.13. The van der Waals surface area contributed by atoms with Crippen LogP contribution in [-0.4, -0.2) is 16.1 Å². The van der Waals surface area contributed by atoms with Crippen molar-refractivity contribution in [2.24, 2.45) is 0 Å². The Labute approximate surface area is 134 Å². The van der Waals surface area contributed by atoms with Crippen molar-refractivity contribution in [1.82, 2.24) is 5.32 Å². The molecule has 0 amide bonds. The van der Waals surface area contributed by atoms with E-state index in [9.17, 15) is 15.2 Å². The third-order valence-corrected chi connectivity index (χ3v) is 5.22. The lowest BCUT2D eigenvalue weighted by Gasteiger charge is -2.40. The van der Waals surface area contributed by atoms with Crippen molar-refractivity contribution in [1.29, 1.82) is 0 Å². The minimum atomic E-state index is -0.515. The zero-order chi connectivity index (χ0) is 16.1. The number of nitro groups is 1. The van der Waals surface area contributed by atoms with Gasteiger partial charge in [-0.1, -0.05) is 18.2 Å². The lowest BCUT2D eigenvalue weighted by molar-refractivity contribution is -0.385. The van der Waals surface area contributed by atoms with Crippen LogP contribution in [0.15, 0.2) is 30.3 Å². The molecule has 0 saturated heterocycles. The second-order valence-electron chi connectivity index (χ2n) is 6.44. The number of fused-ring (bicyclic) bond motifs is 5. The highest BCUT2D eigenvalue weighted by atomic mass is 16.6. The average molecular weight is 310 g/mol. The molecule has 0 unspecified atom stereocenters. The van der Waals surface area contributed by atoms with E-state index in [-0.39, 0.29) is 17.4 Å². The van der Waals surface area contributed by atoms with Crippen molar-refractivity contribution < 1.29 is 10.0 Å². The summed E-state index contributed by atoms with van der Waals surface area (Å²) in [6.07, 6.45) is 1.75. The number of nitrogens with zero attached hydrogens (tertiary/aromatic N) is 1. The quantitative estimate of drug-likeness (QED) is 0.626. The van der Waals surface area contributed by atoms with E-state index >= 15 is 0 Å². The molecule has 1 aliphatic heterocycles. The minimum absolute atomic E-state index is 0.147. The topological polar surface area (TPSA) is 75.4 Å². The van der Waals surface area contributed by atoms with Crippen molar-refractivity contribution in [2.75, 3.05) is 0 Å². The summed E-state index contributed by atoms with van der Waals surface area (Å²) in [6, 6.07) is 9.79. The summed E-state index contributed by atoms with van der Waals surface area (Å²) >= 11 is 0. The number of nitrogens with one attached hydrogen (secondary N) is 1. The average Bonchev–Trinajstić information content (AvgIpc) is 2.53. The summed E-state index contributed by atoms with van der Waals surface area (Å²) in [5.41, 5.74) is 5.64. The van der Waals surface area contributed by atoms with Crippen molar-refractivity contribution >= 4 is 5.69 Å². The first kappa shape index (κ1) is 14.2. The van der Waals surface area contributed by atoms with Crippen LogP contribution in [0.3, 0.4) is 0 Å². The van der Waals surface area contributed by atoms with Gasteiger partial charge in [0.05, 0.1) is 4.92 Å². The van der Waals surface area contributed by atoms with Crippen LogP contribution in [0.1, 0.15) is 40.2 Å². The van der Waals surface area contributed by atoms with Crippen molar-refractivity contribution in [2.45, 2.75) is 38.3 Å². The first-order valence-corrected chi connectivity index (χ1v) is 7.88. The molecule has 2 atom stereocenters. The summed E-state index contributed by atoms with van der Waals surface area (Å²) in [5, 5.41) is 24.7. The normalized spacial score (nSPS) is 22.0. The van der Waals surface area contributed by atoms with Gasteiger partial charge in [-0.05, 0) is 53.6 Å². The predicted molar refractivity (Wildman–Crippen MR) is 86.7 cm³/mol. The van der Waals surface area contributed by atoms with Crippen molar-refractivity contribution in [3.63, 3.8) is 0 Å². The fraction of sp³-hybridized carbons (Fsp3) is 0.333. The molecule has 0 bridgehead atoms. The van der Waals surface area contributed by atoms with Gasteiger partial charge in [-0.25, -0.2) is 0 Å². The van der Waals surface area contributed by atoms with Gasteiger partial charge in [-0.2, -0.15) is 0 Å². The molecule has 1 aliphatic carbocycles. The number of hydrogen-bond acceptors (Lipinski definition) is 4. The van der Waals surface area contributed by atoms with Gasteiger partial charge in [0.1, 0.15) is 0 Å². The maximum atomic E-state index is 11.1. The molecule has 4 rings (SSSR count). The van der Waals surface area contributed by atoms with E-state index in [4.69, 9.17) is 0 Å². The van der Waals surface area contributed by atoms with Crippen LogP contribution >= 0.6 is 0 Å². The molecular weight excluding hydrogens is 292 g/mol. The molecule has 0 fully saturated rings. The van der Waals surface area contributed by atoms with Crippen LogP contribution in [0.5, 0.6) is 5.75 Å². The highest BCUT2D eigenvalue weighted by molar-refractivity contribution is 5.57. The number of aryl methyl sites for hydroxylation is 2. The van der Waals surface area contributed by atoms with Crippen LogP contribution in [0.4, 0.5) is 5.69 Å². The fourth-order valence-corrected chi connectivity index (χ4v) is 4.08. The molecule has 118 valence electrons. The van der Waals surface area contributed by atoms with Crippen LogP contribution < -0.4 is 5.32 Å². The Morgan fingerprint density at radius 1 is 1.30 bits per heavy atom. The first-order valence-electron chi connectivity index (χ1n) is 7.88. The first-order chi connectivity index (χ1) is 11.1. The Bertz CT molecular complexity index is 816. The Morgan fingerprint density at radius 2 is 2.13 bits per heavy atom. The molecule has 2 aromatic rings. The number of aromatic hydroxyl groups is 1. The van der Waals surface area contributed by atoms with E-state index in [2.05, 4.69) is 30.4 Å². The molecule has 0 radical (unpaired) electrons. The van der Waals surface area contributed by atoms with Crippen LogP contribution in [0.25, 0.3) is 0 Å². The van der Waals surface area contributed by atoms with E-state index in [0.29, 0.717) is 6.04 Å². The molecule has 2 aromatic carbocycles. The Hall–Kier alpha value is -2.40. The largest absolute Gasteiger partial charge is 0.502 e. The molecule has 1 heterocycles. The van der Waals surface area contributed by atoms with Gasteiger partial charge in [0.2, 0.25) is 0 Å². The van der Waals surface area contributed by atoms with Crippen molar-refractivity contribution in [3.05, 3.63) is 68.3 Å². The summed E-state index contributed by atoms with van der Waals surface area (Å²) in [6.45, 7) is 2.97. The highest BCUT2D eigenvalue weighted by Crippen LogP contribution is 2.44. The van der Waals surface area contributed by atoms with Crippen molar-refractivity contribution in [3.8, 4) is 5.75 Å². The van der Waals surface area contributed by atoms with Gasteiger partial charge < -0.3 is 10.4 Å². The molecule has 23 heavy (non-hydrogen) atoms. The van der Waals surface area contributed by atoms with Gasteiger partial charge in [-0.3, -0.25) is 10.1 Å². The predicted octanol–water partition coefficient (Wildman–Crippen LogP) is 3.16. The monoisotopic (exact) mass is 310 g/mol. The van der Waals surface area contributed by atoms with E-state index in [1.54, 1.807) is 12.1 Å². The maximum absolute atomic E-state index is 11.1. The van der Waals surface area contributed by atoms with E-state index in [0.717, 1.165) is 30.5 Å². The second kappa shape index (κ2) is 5.06. The molecule has 5 heteroatoms. The molecular formula is C18H18N2O3. The van der Waals surface area contributed by atoms with Gasteiger partial charge >= 0.3 is 5.69 Å². The molecule has 0 saturated carbocycles. The number of nitro benzene ring substituents is 1. The minimum Gasteiger partial charge on any atom is -0.502 e. The maximum Gasteiger partial charge on any atom is 0.310 e. The van der Waals surface area contributed by atoms with E-state index in [1.807, 2.05) is 0 Å². The standard InChI is InChI=1S/C18H18N2O3/c1-10-3-2-4-12-14(10)9-19-15-6-5-11-7-16(20(22)23)17(21)8-13(11)18(12)15/h2-4,7-8,15,18-19,21H,5-6,9H2,1H3/t15-,18-/m1/s1. The van der Waals surface area contributed by atoms with Gasteiger partial charge in [0.25, 0.3) is 0 Å². The number of phenols is 1. The van der Waals surface area contributed by atoms with Gasteiger partial charge in [-0.15, -0.1) is 0 Å². The summed E-state index contributed by atoms with van der Waals surface area (Å²) in [7, 11) is 0. The molecule has 2 aliphatic rings. The van der Waals surface area contributed by atoms with E-state index < -0.39 is 4.92 Å². The molecule has 0 aromatic heterocycles. The molecule has 2 N–H and O–H groups in total. The van der Waals surface area contributed by atoms with Gasteiger partial charge in [0.15, 0.2) is 5.75 Å².